The Morgan fingerprint density at radius 3 is 2.74 bits per heavy atom. The minimum atomic E-state index is 0.0153. The first-order valence-electron chi connectivity index (χ1n) is 7.03. The molecule has 0 amide bonds. The van der Waals surface area contributed by atoms with Gasteiger partial charge in [0.1, 0.15) is 0 Å². The number of alkyl halides is 1. The van der Waals surface area contributed by atoms with Crippen LogP contribution in [-0.4, -0.2) is 28.9 Å². The van der Waals surface area contributed by atoms with Crippen LogP contribution in [0.3, 0.4) is 0 Å². The van der Waals surface area contributed by atoms with Gasteiger partial charge >= 0.3 is 0 Å². The Hall–Kier alpha value is -0.250. The predicted octanol–water partition coefficient (Wildman–Crippen LogP) is 3.70. The summed E-state index contributed by atoms with van der Waals surface area (Å²) in [6, 6.07) is 0. The summed E-state index contributed by atoms with van der Waals surface area (Å²) >= 11 is 12.7. The van der Waals surface area contributed by atoms with Gasteiger partial charge in [0.25, 0.3) is 0 Å². The van der Waals surface area contributed by atoms with Crippen LogP contribution >= 0.6 is 23.2 Å². The van der Waals surface area contributed by atoms with Crippen molar-refractivity contribution in [3.8, 4) is 0 Å². The van der Waals surface area contributed by atoms with Crippen LogP contribution in [0.1, 0.15) is 38.1 Å². The lowest BCUT2D eigenvalue weighted by atomic mass is 9.80. The summed E-state index contributed by atoms with van der Waals surface area (Å²) in [6.07, 6.45) is 3.90. The van der Waals surface area contributed by atoms with Gasteiger partial charge in [0.2, 0.25) is 0 Å². The molecule has 0 saturated carbocycles. The molecule has 0 N–H and O–H groups in total. The van der Waals surface area contributed by atoms with Gasteiger partial charge in [-0.1, -0.05) is 18.5 Å². The highest BCUT2D eigenvalue weighted by Crippen LogP contribution is 2.36. The van der Waals surface area contributed by atoms with Crippen LogP contribution in [0.4, 0.5) is 0 Å². The van der Waals surface area contributed by atoms with E-state index in [2.05, 4.69) is 18.9 Å². The minimum Gasteiger partial charge on any atom is -0.381 e. The van der Waals surface area contributed by atoms with Gasteiger partial charge in [-0.15, -0.1) is 11.6 Å². The molecule has 0 radical (unpaired) electrons. The Bertz CT molecular complexity index is 425. The zero-order valence-corrected chi connectivity index (χ0v) is 13.2. The van der Waals surface area contributed by atoms with Gasteiger partial charge in [-0.3, -0.25) is 4.68 Å². The average Bonchev–Trinajstić information content (AvgIpc) is 2.76. The first-order valence-corrected chi connectivity index (χ1v) is 7.95. The van der Waals surface area contributed by atoms with Crippen molar-refractivity contribution in [3.05, 3.63) is 16.4 Å². The van der Waals surface area contributed by atoms with Crippen molar-refractivity contribution < 1.29 is 4.74 Å². The molecule has 2 rings (SSSR count). The summed E-state index contributed by atoms with van der Waals surface area (Å²) < 4.78 is 7.66. The Morgan fingerprint density at radius 2 is 2.21 bits per heavy atom. The standard InChI is InChI=1S/C14H22Cl2N2O/c1-3-11-13(16)12(18(4-2)17-11)8-14(9-15)6-5-7-19-10-14/h3-10H2,1-2H3. The molecule has 0 aromatic carbocycles. The number of aryl methyl sites for hydroxylation is 2. The lowest BCUT2D eigenvalue weighted by Gasteiger charge is -2.35. The smallest absolute Gasteiger partial charge is 0.0850 e. The van der Waals surface area contributed by atoms with Crippen molar-refractivity contribution in [1.29, 1.82) is 0 Å². The van der Waals surface area contributed by atoms with Gasteiger partial charge in [-0.2, -0.15) is 5.10 Å². The minimum absolute atomic E-state index is 0.0153. The van der Waals surface area contributed by atoms with E-state index in [1.807, 2.05) is 4.68 Å². The van der Waals surface area contributed by atoms with Gasteiger partial charge < -0.3 is 4.74 Å². The zero-order valence-electron chi connectivity index (χ0n) is 11.7. The van der Waals surface area contributed by atoms with Crippen LogP contribution in [0.5, 0.6) is 0 Å². The van der Waals surface area contributed by atoms with E-state index < -0.39 is 0 Å². The van der Waals surface area contributed by atoms with Gasteiger partial charge in [0.05, 0.1) is 23.0 Å². The molecule has 0 aliphatic carbocycles. The second-order valence-electron chi connectivity index (χ2n) is 5.34. The molecule has 1 aromatic heterocycles. The molecule has 0 bridgehead atoms. The topological polar surface area (TPSA) is 27.1 Å². The molecule has 0 spiro atoms. The van der Waals surface area contributed by atoms with Crippen molar-refractivity contribution >= 4 is 23.2 Å². The fourth-order valence-electron chi connectivity index (χ4n) is 2.74. The van der Waals surface area contributed by atoms with E-state index in [0.717, 1.165) is 61.9 Å². The lowest BCUT2D eigenvalue weighted by Crippen LogP contribution is -2.36. The van der Waals surface area contributed by atoms with E-state index in [1.54, 1.807) is 0 Å². The van der Waals surface area contributed by atoms with Crippen molar-refractivity contribution in [1.82, 2.24) is 9.78 Å². The van der Waals surface area contributed by atoms with Crippen molar-refractivity contribution in [2.24, 2.45) is 5.41 Å². The molecule has 1 aliphatic rings. The summed E-state index contributed by atoms with van der Waals surface area (Å²) in [5.74, 6) is 0.611. The molecule has 1 fully saturated rings. The lowest BCUT2D eigenvalue weighted by molar-refractivity contribution is 0.00382. The van der Waals surface area contributed by atoms with Gasteiger partial charge in [0, 0.05) is 24.4 Å². The third-order valence-corrected chi connectivity index (χ3v) is 4.93. The maximum absolute atomic E-state index is 6.48. The van der Waals surface area contributed by atoms with Crippen molar-refractivity contribution in [2.75, 3.05) is 19.1 Å². The second-order valence-corrected chi connectivity index (χ2v) is 5.99. The maximum Gasteiger partial charge on any atom is 0.0850 e. The van der Waals surface area contributed by atoms with E-state index >= 15 is 0 Å². The second kappa shape index (κ2) is 6.47. The summed E-state index contributed by atoms with van der Waals surface area (Å²) in [6.45, 7) is 6.59. The summed E-state index contributed by atoms with van der Waals surface area (Å²) in [4.78, 5) is 0. The summed E-state index contributed by atoms with van der Waals surface area (Å²) in [7, 11) is 0. The fourth-order valence-corrected chi connectivity index (χ4v) is 3.38. The molecule has 19 heavy (non-hydrogen) atoms. The Morgan fingerprint density at radius 1 is 1.42 bits per heavy atom. The largest absolute Gasteiger partial charge is 0.381 e. The molecule has 1 aliphatic heterocycles. The number of hydrogen-bond acceptors (Lipinski definition) is 2. The Balaban J connectivity index is 2.28. The zero-order chi connectivity index (χ0) is 13.9. The van der Waals surface area contributed by atoms with E-state index in [1.165, 1.54) is 0 Å². The van der Waals surface area contributed by atoms with E-state index in [0.29, 0.717) is 5.88 Å². The molecule has 1 saturated heterocycles. The average molecular weight is 305 g/mol. The molecular formula is C14H22Cl2N2O. The van der Waals surface area contributed by atoms with Crippen LogP contribution in [0.25, 0.3) is 0 Å². The molecule has 1 aromatic rings. The highest BCUT2D eigenvalue weighted by Gasteiger charge is 2.34. The Kier molecular flexibility index (Phi) is 5.15. The number of ether oxygens (including phenoxy) is 1. The fraction of sp³-hybridized carbons (Fsp3) is 0.786. The molecule has 1 unspecified atom stereocenters. The van der Waals surface area contributed by atoms with Crippen LogP contribution in [0.15, 0.2) is 0 Å². The Labute approximate surface area is 125 Å². The first-order chi connectivity index (χ1) is 9.15. The molecule has 2 heterocycles. The van der Waals surface area contributed by atoms with Gasteiger partial charge in [-0.25, -0.2) is 0 Å². The number of halogens is 2. The number of rotatable bonds is 5. The number of aromatic nitrogens is 2. The molecule has 1 atom stereocenters. The first kappa shape index (κ1) is 15.1. The summed E-state index contributed by atoms with van der Waals surface area (Å²) in [5, 5.41) is 5.40. The van der Waals surface area contributed by atoms with Crippen molar-refractivity contribution in [2.45, 2.75) is 46.1 Å². The predicted molar refractivity (Wildman–Crippen MR) is 79.2 cm³/mol. The maximum atomic E-state index is 6.48. The molecule has 3 nitrogen and oxygen atoms in total. The van der Waals surface area contributed by atoms with E-state index in [4.69, 9.17) is 27.9 Å². The van der Waals surface area contributed by atoms with Crippen LogP contribution < -0.4 is 0 Å². The van der Waals surface area contributed by atoms with Gasteiger partial charge in [0.15, 0.2) is 0 Å². The molecule has 108 valence electrons. The summed E-state index contributed by atoms with van der Waals surface area (Å²) in [5.41, 5.74) is 2.12. The van der Waals surface area contributed by atoms with Crippen molar-refractivity contribution in [3.63, 3.8) is 0 Å². The molecular weight excluding hydrogens is 283 g/mol. The van der Waals surface area contributed by atoms with Crippen LogP contribution in [-0.2, 0) is 24.1 Å². The SMILES string of the molecule is CCc1nn(CC)c(CC2(CCl)CCCOC2)c1Cl. The quantitative estimate of drug-likeness (QED) is 0.776. The monoisotopic (exact) mass is 304 g/mol. The number of nitrogens with zero attached hydrogens (tertiary/aromatic N) is 2. The number of hydrogen-bond donors (Lipinski definition) is 0. The highest BCUT2D eigenvalue weighted by atomic mass is 35.5. The highest BCUT2D eigenvalue weighted by molar-refractivity contribution is 6.31. The van der Waals surface area contributed by atoms with Gasteiger partial charge in [-0.05, 0) is 32.6 Å². The third-order valence-electron chi connectivity index (χ3n) is 3.92. The molecule has 5 heteroatoms. The van der Waals surface area contributed by atoms with E-state index in [9.17, 15) is 0 Å². The van der Waals surface area contributed by atoms with E-state index in [-0.39, 0.29) is 5.41 Å². The third kappa shape index (κ3) is 3.09. The van der Waals surface area contributed by atoms with Crippen LogP contribution in [0, 0.1) is 5.41 Å². The normalized spacial score (nSPS) is 23.8. The van der Waals surface area contributed by atoms with Crippen LogP contribution in [0.2, 0.25) is 5.02 Å².